The molecule has 2 rings (SSSR count). The number of hydrogen-bond donors (Lipinski definition) is 2. The van der Waals surface area contributed by atoms with Crippen LogP contribution in [0.2, 0.25) is 0 Å². The van der Waals surface area contributed by atoms with Crippen molar-refractivity contribution in [1.29, 1.82) is 0 Å². The van der Waals surface area contributed by atoms with Gasteiger partial charge in [0.25, 0.3) is 0 Å². The van der Waals surface area contributed by atoms with Crippen molar-refractivity contribution >= 4 is 18.4 Å². The topological polar surface area (TPSA) is 66.8 Å². The van der Waals surface area contributed by atoms with Gasteiger partial charge in [0.05, 0.1) is 5.66 Å². The van der Waals surface area contributed by atoms with Crippen LogP contribution in [0.25, 0.3) is 10.8 Å². The van der Waals surface area contributed by atoms with Crippen LogP contribution in [0.3, 0.4) is 0 Å². The highest BCUT2D eigenvalue weighted by Crippen LogP contribution is 2.55. The Bertz CT molecular complexity index is 623. The van der Waals surface area contributed by atoms with E-state index in [0.29, 0.717) is 0 Å². The third-order valence-corrected chi connectivity index (χ3v) is 4.88. The SMILES string of the molecule is COP(=O)(O)C(C)c1ccc2cc(O)ccc2c1. The Kier molecular flexibility index (Phi) is 3.44. The number of rotatable bonds is 3. The molecule has 18 heavy (non-hydrogen) atoms. The van der Waals surface area contributed by atoms with Gasteiger partial charge in [-0.1, -0.05) is 24.3 Å². The molecule has 2 aromatic rings. The number of benzene rings is 2. The minimum atomic E-state index is -3.62. The summed E-state index contributed by atoms with van der Waals surface area (Å²) in [6, 6.07) is 10.4. The van der Waals surface area contributed by atoms with Gasteiger partial charge >= 0.3 is 7.60 Å². The molecule has 5 heteroatoms. The van der Waals surface area contributed by atoms with Gasteiger partial charge in [-0.15, -0.1) is 0 Å². The Labute approximate surface area is 105 Å². The van der Waals surface area contributed by atoms with Crippen LogP contribution in [0.15, 0.2) is 36.4 Å². The van der Waals surface area contributed by atoms with Crippen molar-refractivity contribution in [2.45, 2.75) is 12.6 Å². The first-order valence-electron chi connectivity index (χ1n) is 5.55. The Balaban J connectivity index is 2.48. The van der Waals surface area contributed by atoms with Gasteiger partial charge in [0.15, 0.2) is 0 Å². The highest BCUT2D eigenvalue weighted by Gasteiger charge is 2.28. The summed E-state index contributed by atoms with van der Waals surface area (Å²) in [5.41, 5.74) is 0.154. The van der Waals surface area contributed by atoms with Crippen LogP contribution in [0, 0.1) is 0 Å². The van der Waals surface area contributed by atoms with Crippen molar-refractivity contribution in [3.05, 3.63) is 42.0 Å². The Morgan fingerprint density at radius 3 is 2.44 bits per heavy atom. The van der Waals surface area contributed by atoms with E-state index in [2.05, 4.69) is 4.52 Å². The zero-order valence-corrected chi connectivity index (χ0v) is 11.1. The molecule has 0 saturated carbocycles. The molecule has 2 aromatic carbocycles. The lowest BCUT2D eigenvalue weighted by molar-refractivity contribution is 0.306. The Morgan fingerprint density at radius 1 is 1.17 bits per heavy atom. The van der Waals surface area contributed by atoms with Crippen LogP contribution in [0.5, 0.6) is 5.75 Å². The number of hydrogen-bond acceptors (Lipinski definition) is 3. The summed E-state index contributed by atoms with van der Waals surface area (Å²) in [6.45, 7) is 1.66. The maximum atomic E-state index is 11.8. The smallest absolute Gasteiger partial charge is 0.334 e. The molecule has 0 saturated heterocycles. The van der Waals surface area contributed by atoms with Crippen molar-refractivity contribution < 1.29 is 19.1 Å². The first kappa shape index (κ1) is 13.1. The summed E-state index contributed by atoms with van der Waals surface area (Å²) in [6.07, 6.45) is 0. The lowest BCUT2D eigenvalue weighted by atomic mass is 10.1. The van der Waals surface area contributed by atoms with Crippen LogP contribution >= 0.6 is 7.60 Å². The van der Waals surface area contributed by atoms with E-state index in [0.717, 1.165) is 16.3 Å². The van der Waals surface area contributed by atoms with Gasteiger partial charge in [0.2, 0.25) is 0 Å². The third-order valence-electron chi connectivity index (χ3n) is 3.08. The van der Waals surface area contributed by atoms with Gasteiger partial charge in [0, 0.05) is 7.11 Å². The van der Waals surface area contributed by atoms with E-state index < -0.39 is 13.3 Å². The highest BCUT2D eigenvalue weighted by atomic mass is 31.2. The van der Waals surface area contributed by atoms with Gasteiger partial charge in [0.1, 0.15) is 5.75 Å². The van der Waals surface area contributed by atoms with Gasteiger partial charge < -0.3 is 14.5 Å². The predicted octanol–water partition coefficient (Wildman–Crippen LogP) is 3.44. The molecule has 0 bridgehead atoms. The lowest BCUT2D eigenvalue weighted by Gasteiger charge is -2.17. The zero-order valence-electron chi connectivity index (χ0n) is 10.2. The van der Waals surface area contributed by atoms with E-state index in [1.807, 2.05) is 12.1 Å². The summed E-state index contributed by atoms with van der Waals surface area (Å²) in [5.74, 6) is 0.202. The molecule has 0 aliphatic rings. The van der Waals surface area contributed by atoms with E-state index in [1.165, 1.54) is 7.11 Å². The molecule has 0 aliphatic carbocycles. The molecular weight excluding hydrogens is 251 g/mol. The minimum absolute atomic E-state index is 0.202. The molecule has 0 aliphatic heterocycles. The number of phenolic OH excluding ortho intramolecular Hbond substituents is 1. The summed E-state index contributed by atoms with van der Waals surface area (Å²) in [4.78, 5) is 9.65. The van der Waals surface area contributed by atoms with Crippen molar-refractivity contribution in [3.8, 4) is 5.75 Å². The average molecular weight is 266 g/mol. The Hall–Kier alpha value is -1.35. The second-order valence-electron chi connectivity index (χ2n) is 4.21. The molecule has 0 radical (unpaired) electrons. The molecule has 2 atom stereocenters. The molecule has 96 valence electrons. The first-order valence-corrected chi connectivity index (χ1v) is 7.19. The summed E-state index contributed by atoms with van der Waals surface area (Å²) in [5, 5.41) is 11.2. The second-order valence-corrected chi connectivity index (χ2v) is 6.48. The number of aromatic hydroxyl groups is 1. The van der Waals surface area contributed by atoms with Crippen molar-refractivity contribution in [3.63, 3.8) is 0 Å². The fourth-order valence-electron chi connectivity index (χ4n) is 1.86. The van der Waals surface area contributed by atoms with E-state index in [1.54, 1.807) is 31.2 Å². The standard InChI is InChI=1S/C13H15O4P/c1-9(18(15,16)17-2)10-3-4-12-8-13(14)6-5-11(12)7-10/h3-9,14H,1-2H3,(H,15,16). The van der Waals surface area contributed by atoms with E-state index in [4.69, 9.17) is 0 Å². The Morgan fingerprint density at radius 2 is 1.78 bits per heavy atom. The van der Waals surface area contributed by atoms with Crippen LogP contribution in [-0.4, -0.2) is 17.1 Å². The molecular formula is C13H15O4P. The summed E-state index contributed by atoms with van der Waals surface area (Å²) in [7, 11) is -2.39. The second kappa shape index (κ2) is 4.73. The normalized spacial score (nSPS) is 16.4. The highest BCUT2D eigenvalue weighted by molar-refractivity contribution is 7.53. The maximum Gasteiger partial charge on any atom is 0.334 e. The summed E-state index contributed by atoms with van der Waals surface area (Å²) >= 11 is 0. The van der Waals surface area contributed by atoms with E-state index >= 15 is 0 Å². The fraction of sp³-hybridized carbons (Fsp3) is 0.231. The van der Waals surface area contributed by atoms with Crippen molar-refractivity contribution in [2.24, 2.45) is 0 Å². The number of phenols is 1. The number of fused-ring (bicyclic) bond motifs is 1. The monoisotopic (exact) mass is 266 g/mol. The van der Waals surface area contributed by atoms with Gasteiger partial charge in [-0.2, -0.15) is 0 Å². The fourth-order valence-corrected chi connectivity index (χ4v) is 2.71. The van der Waals surface area contributed by atoms with Crippen LogP contribution < -0.4 is 0 Å². The first-order chi connectivity index (χ1) is 8.44. The maximum absolute atomic E-state index is 11.8. The van der Waals surface area contributed by atoms with Gasteiger partial charge in [-0.25, -0.2) is 0 Å². The molecule has 4 nitrogen and oxygen atoms in total. The molecule has 0 aromatic heterocycles. The molecule has 0 heterocycles. The molecule has 0 spiro atoms. The van der Waals surface area contributed by atoms with E-state index in [-0.39, 0.29) is 5.75 Å². The average Bonchev–Trinajstić information content (AvgIpc) is 2.37. The van der Waals surface area contributed by atoms with E-state index in [9.17, 15) is 14.6 Å². The zero-order chi connectivity index (χ0) is 13.3. The van der Waals surface area contributed by atoms with Gasteiger partial charge in [-0.3, -0.25) is 4.57 Å². The van der Waals surface area contributed by atoms with Crippen LogP contribution in [0.4, 0.5) is 0 Å². The van der Waals surface area contributed by atoms with Gasteiger partial charge in [-0.05, 0) is 35.4 Å². The summed E-state index contributed by atoms with van der Waals surface area (Å²) < 4.78 is 16.4. The molecule has 0 amide bonds. The largest absolute Gasteiger partial charge is 0.508 e. The molecule has 0 fully saturated rings. The third kappa shape index (κ3) is 2.41. The van der Waals surface area contributed by atoms with Crippen molar-refractivity contribution in [1.82, 2.24) is 0 Å². The minimum Gasteiger partial charge on any atom is -0.508 e. The molecule has 2 unspecified atom stereocenters. The van der Waals surface area contributed by atoms with Crippen LogP contribution in [-0.2, 0) is 9.09 Å². The lowest BCUT2D eigenvalue weighted by Crippen LogP contribution is -1.97. The quantitative estimate of drug-likeness (QED) is 0.835. The predicted molar refractivity (Wildman–Crippen MR) is 70.9 cm³/mol. The van der Waals surface area contributed by atoms with Crippen LogP contribution in [0.1, 0.15) is 18.1 Å². The molecule has 2 N–H and O–H groups in total. The van der Waals surface area contributed by atoms with Crippen molar-refractivity contribution in [2.75, 3.05) is 7.11 Å².